The number of hydrogen-bond acceptors (Lipinski definition) is 3. The summed E-state index contributed by atoms with van der Waals surface area (Å²) in [5.74, 6) is -0.821. The number of anilines is 1. The third-order valence-electron chi connectivity index (χ3n) is 1.74. The Morgan fingerprint density at radius 1 is 1.54 bits per heavy atom. The van der Waals surface area contributed by atoms with Crippen molar-refractivity contribution in [1.29, 1.82) is 0 Å². The highest BCUT2D eigenvalue weighted by Gasteiger charge is 2.07. The average molecular weight is 180 g/mol. The highest BCUT2D eigenvalue weighted by atomic mass is 16.4. The fourth-order valence-electron chi connectivity index (χ4n) is 1.10. The van der Waals surface area contributed by atoms with Crippen LogP contribution in [-0.2, 0) is 4.79 Å². The zero-order valence-electron chi connectivity index (χ0n) is 7.47. The number of nitrogens with zero attached hydrogens (tertiary/aromatic N) is 2. The highest BCUT2D eigenvalue weighted by molar-refractivity contribution is 5.73. The van der Waals surface area contributed by atoms with Crippen LogP contribution in [0.3, 0.4) is 0 Å². The maximum Gasteiger partial charge on any atom is 0.323 e. The normalized spacial score (nSPS) is 9.62. The van der Waals surface area contributed by atoms with Gasteiger partial charge in [-0.2, -0.15) is 0 Å². The number of carboxylic acid groups (broad SMARTS) is 1. The first-order valence-electron chi connectivity index (χ1n) is 4.10. The minimum atomic E-state index is -0.821. The van der Waals surface area contributed by atoms with Gasteiger partial charge in [-0.05, 0) is 19.1 Å². The number of hydrogen-bond donors (Lipinski definition) is 1. The lowest BCUT2D eigenvalue weighted by Crippen LogP contribution is -2.29. The van der Waals surface area contributed by atoms with Gasteiger partial charge in [0.05, 0.1) is 0 Å². The molecule has 4 heteroatoms. The van der Waals surface area contributed by atoms with Crippen molar-refractivity contribution in [2.75, 3.05) is 18.0 Å². The average Bonchev–Trinajstić information content (AvgIpc) is 2.15. The van der Waals surface area contributed by atoms with Crippen LogP contribution in [0.25, 0.3) is 0 Å². The van der Waals surface area contributed by atoms with Gasteiger partial charge in [0.2, 0.25) is 0 Å². The molecule has 1 N–H and O–H groups in total. The molecular formula is C9H12N2O2. The topological polar surface area (TPSA) is 53.4 Å². The van der Waals surface area contributed by atoms with Gasteiger partial charge in [-0.3, -0.25) is 9.78 Å². The number of aromatic nitrogens is 1. The Morgan fingerprint density at radius 3 is 2.62 bits per heavy atom. The predicted octanol–water partition coefficient (Wildman–Crippen LogP) is 0.992. The van der Waals surface area contributed by atoms with E-state index >= 15 is 0 Å². The smallest absolute Gasteiger partial charge is 0.323 e. The van der Waals surface area contributed by atoms with E-state index in [1.807, 2.05) is 6.92 Å². The van der Waals surface area contributed by atoms with E-state index in [4.69, 9.17) is 5.11 Å². The molecule has 0 fully saturated rings. The van der Waals surface area contributed by atoms with Crippen molar-refractivity contribution in [3.63, 3.8) is 0 Å². The second-order valence-electron chi connectivity index (χ2n) is 2.61. The number of carbonyl (C=O) groups is 1. The van der Waals surface area contributed by atoms with Crippen LogP contribution in [0.2, 0.25) is 0 Å². The Bertz CT molecular complexity index is 274. The van der Waals surface area contributed by atoms with Crippen LogP contribution in [0.15, 0.2) is 24.5 Å². The molecule has 0 spiro atoms. The fraction of sp³-hybridized carbons (Fsp3) is 0.333. The molecule has 1 aromatic heterocycles. The zero-order valence-corrected chi connectivity index (χ0v) is 7.47. The molecular weight excluding hydrogens is 168 g/mol. The van der Waals surface area contributed by atoms with E-state index in [9.17, 15) is 4.79 Å². The van der Waals surface area contributed by atoms with E-state index in [0.29, 0.717) is 6.54 Å². The Kier molecular flexibility index (Phi) is 3.25. The molecule has 0 unspecified atom stereocenters. The minimum Gasteiger partial charge on any atom is -0.480 e. The van der Waals surface area contributed by atoms with Gasteiger partial charge in [0.1, 0.15) is 6.54 Å². The van der Waals surface area contributed by atoms with E-state index in [1.165, 1.54) is 0 Å². The van der Waals surface area contributed by atoms with Crippen LogP contribution in [0.1, 0.15) is 6.92 Å². The molecule has 0 saturated heterocycles. The summed E-state index contributed by atoms with van der Waals surface area (Å²) in [4.78, 5) is 16.1. The SMILES string of the molecule is CCN(CC(=O)O)c1ccncc1. The Hall–Kier alpha value is -1.58. The fourth-order valence-corrected chi connectivity index (χ4v) is 1.10. The number of rotatable bonds is 4. The van der Waals surface area contributed by atoms with E-state index < -0.39 is 5.97 Å². The third-order valence-corrected chi connectivity index (χ3v) is 1.74. The van der Waals surface area contributed by atoms with Gasteiger partial charge in [-0.25, -0.2) is 0 Å². The van der Waals surface area contributed by atoms with Crippen molar-refractivity contribution < 1.29 is 9.90 Å². The molecule has 0 atom stereocenters. The molecule has 13 heavy (non-hydrogen) atoms. The van der Waals surface area contributed by atoms with Gasteiger partial charge in [0, 0.05) is 24.6 Å². The lowest BCUT2D eigenvalue weighted by molar-refractivity contribution is -0.135. The van der Waals surface area contributed by atoms with Crippen LogP contribution in [-0.4, -0.2) is 29.1 Å². The van der Waals surface area contributed by atoms with Gasteiger partial charge < -0.3 is 10.0 Å². The van der Waals surface area contributed by atoms with Crippen molar-refractivity contribution in [2.24, 2.45) is 0 Å². The third kappa shape index (κ3) is 2.74. The first kappa shape index (κ1) is 9.51. The predicted molar refractivity (Wildman–Crippen MR) is 49.8 cm³/mol. The van der Waals surface area contributed by atoms with Crippen LogP contribution >= 0.6 is 0 Å². The van der Waals surface area contributed by atoms with E-state index in [2.05, 4.69) is 4.98 Å². The lowest BCUT2D eigenvalue weighted by Gasteiger charge is -2.19. The van der Waals surface area contributed by atoms with Crippen molar-refractivity contribution in [3.05, 3.63) is 24.5 Å². The Balaban J connectivity index is 2.73. The molecule has 0 aromatic carbocycles. The molecule has 0 amide bonds. The molecule has 0 aliphatic rings. The van der Waals surface area contributed by atoms with Crippen LogP contribution in [0, 0.1) is 0 Å². The summed E-state index contributed by atoms with van der Waals surface area (Å²) in [5, 5.41) is 8.62. The maximum atomic E-state index is 10.5. The quantitative estimate of drug-likeness (QED) is 0.750. The number of pyridine rings is 1. The first-order chi connectivity index (χ1) is 6.24. The molecule has 1 heterocycles. The van der Waals surface area contributed by atoms with Crippen molar-refractivity contribution in [1.82, 2.24) is 4.98 Å². The molecule has 4 nitrogen and oxygen atoms in total. The standard InChI is InChI=1S/C9H12N2O2/c1-2-11(7-9(12)13)8-3-5-10-6-4-8/h3-6H,2,7H2,1H3,(H,12,13). The Morgan fingerprint density at radius 2 is 2.15 bits per heavy atom. The van der Waals surface area contributed by atoms with E-state index in [-0.39, 0.29) is 6.54 Å². The maximum absolute atomic E-state index is 10.5. The Labute approximate surface area is 76.8 Å². The lowest BCUT2D eigenvalue weighted by atomic mass is 10.3. The molecule has 0 aliphatic carbocycles. The summed E-state index contributed by atoms with van der Waals surface area (Å²) in [6.07, 6.45) is 3.31. The van der Waals surface area contributed by atoms with Gasteiger partial charge in [-0.15, -0.1) is 0 Å². The minimum absolute atomic E-state index is 0.0283. The number of carboxylic acids is 1. The van der Waals surface area contributed by atoms with Crippen molar-refractivity contribution in [3.8, 4) is 0 Å². The zero-order chi connectivity index (χ0) is 9.68. The number of likely N-dealkylation sites (N-methyl/N-ethyl adjacent to an activating group) is 1. The van der Waals surface area contributed by atoms with E-state index in [0.717, 1.165) is 5.69 Å². The van der Waals surface area contributed by atoms with Crippen LogP contribution in [0.5, 0.6) is 0 Å². The summed E-state index contributed by atoms with van der Waals surface area (Å²) in [5.41, 5.74) is 0.889. The van der Waals surface area contributed by atoms with Crippen LogP contribution < -0.4 is 4.90 Å². The first-order valence-corrected chi connectivity index (χ1v) is 4.10. The van der Waals surface area contributed by atoms with Crippen molar-refractivity contribution >= 4 is 11.7 Å². The molecule has 0 bridgehead atoms. The number of aliphatic carboxylic acids is 1. The molecule has 70 valence electrons. The summed E-state index contributed by atoms with van der Waals surface area (Å²) >= 11 is 0. The van der Waals surface area contributed by atoms with E-state index in [1.54, 1.807) is 29.4 Å². The molecule has 0 radical (unpaired) electrons. The summed E-state index contributed by atoms with van der Waals surface area (Å²) in [6.45, 7) is 2.63. The summed E-state index contributed by atoms with van der Waals surface area (Å²) in [6, 6.07) is 3.60. The largest absolute Gasteiger partial charge is 0.480 e. The second-order valence-corrected chi connectivity index (χ2v) is 2.61. The second kappa shape index (κ2) is 4.45. The summed E-state index contributed by atoms with van der Waals surface area (Å²) < 4.78 is 0. The molecule has 0 saturated carbocycles. The monoisotopic (exact) mass is 180 g/mol. The van der Waals surface area contributed by atoms with Gasteiger partial charge in [-0.1, -0.05) is 0 Å². The molecule has 0 aliphatic heterocycles. The van der Waals surface area contributed by atoms with Gasteiger partial charge >= 0.3 is 5.97 Å². The molecule has 1 rings (SSSR count). The summed E-state index contributed by atoms with van der Waals surface area (Å²) in [7, 11) is 0. The molecule has 1 aromatic rings. The van der Waals surface area contributed by atoms with Gasteiger partial charge in [0.25, 0.3) is 0 Å². The van der Waals surface area contributed by atoms with Crippen LogP contribution in [0.4, 0.5) is 5.69 Å². The highest BCUT2D eigenvalue weighted by Crippen LogP contribution is 2.10. The van der Waals surface area contributed by atoms with Gasteiger partial charge in [0.15, 0.2) is 0 Å². The van der Waals surface area contributed by atoms with Crippen molar-refractivity contribution in [2.45, 2.75) is 6.92 Å².